The van der Waals surface area contributed by atoms with Gasteiger partial charge in [0.25, 0.3) is 0 Å². The number of hydrogen-bond donors (Lipinski definition) is 3. The molecule has 19 heavy (non-hydrogen) atoms. The van der Waals surface area contributed by atoms with Gasteiger partial charge in [0.15, 0.2) is 0 Å². The number of benzene rings is 1. The smallest absolute Gasteiger partial charge is 0.319 e. The molecule has 1 fully saturated rings. The maximum atomic E-state index is 11.9. The number of aliphatic hydroxyl groups is 1. The highest BCUT2D eigenvalue weighted by molar-refractivity contribution is 7.98. The molecule has 1 aliphatic carbocycles. The van der Waals surface area contributed by atoms with E-state index in [2.05, 4.69) is 10.6 Å². The number of amides is 2. The lowest BCUT2D eigenvalue weighted by Crippen LogP contribution is -2.52. The summed E-state index contributed by atoms with van der Waals surface area (Å²) in [5, 5.41) is 15.1. The van der Waals surface area contributed by atoms with E-state index in [9.17, 15) is 9.90 Å². The summed E-state index contributed by atoms with van der Waals surface area (Å²) in [6.07, 6.45) is 4.15. The van der Waals surface area contributed by atoms with Crippen molar-refractivity contribution in [2.24, 2.45) is 5.92 Å². The predicted octanol–water partition coefficient (Wildman–Crippen LogP) is 2.69. The predicted molar refractivity (Wildman–Crippen MR) is 78.6 cm³/mol. The fourth-order valence-electron chi connectivity index (χ4n) is 2.09. The Morgan fingerprint density at radius 1 is 1.42 bits per heavy atom. The van der Waals surface area contributed by atoms with Gasteiger partial charge in [-0.3, -0.25) is 0 Å². The Morgan fingerprint density at radius 2 is 2.05 bits per heavy atom. The Morgan fingerprint density at radius 3 is 2.53 bits per heavy atom. The SMILES string of the molecule is CSc1ccc(NC(=O)NC(C)(CO)C2CC2)cc1. The van der Waals surface area contributed by atoms with Crippen molar-refractivity contribution in [1.82, 2.24) is 5.32 Å². The third kappa shape index (κ3) is 3.64. The molecule has 0 spiro atoms. The molecular formula is C14H20N2O2S. The third-order valence-corrected chi connectivity index (χ3v) is 4.30. The highest BCUT2D eigenvalue weighted by atomic mass is 32.2. The van der Waals surface area contributed by atoms with E-state index in [-0.39, 0.29) is 12.6 Å². The van der Waals surface area contributed by atoms with Crippen molar-refractivity contribution < 1.29 is 9.90 Å². The molecule has 1 unspecified atom stereocenters. The van der Waals surface area contributed by atoms with Gasteiger partial charge in [0.2, 0.25) is 0 Å². The summed E-state index contributed by atoms with van der Waals surface area (Å²) in [6.45, 7) is 1.86. The van der Waals surface area contributed by atoms with Crippen LogP contribution in [0.15, 0.2) is 29.2 Å². The van der Waals surface area contributed by atoms with Crippen LogP contribution in [0, 0.1) is 5.92 Å². The molecule has 0 aromatic heterocycles. The molecule has 1 aromatic carbocycles. The van der Waals surface area contributed by atoms with E-state index in [0.717, 1.165) is 23.4 Å². The maximum Gasteiger partial charge on any atom is 0.319 e. The zero-order valence-electron chi connectivity index (χ0n) is 11.3. The fraction of sp³-hybridized carbons (Fsp3) is 0.500. The van der Waals surface area contributed by atoms with Gasteiger partial charge < -0.3 is 15.7 Å². The van der Waals surface area contributed by atoms with Gasteiger partial charge in [0.05, 0.1) is 12.1 Å². The number of rotatable bonds is 5. The number of nitrogens with one attached hydrogen (secondary N) is 2. The van der Waals surface area contributed by atoms with Crippen LogP contribution in [0.1, 0.15) is 19.8 Å². The van der Waals surface area contributed by atoms with Crippen molar-refractivity contribution in [2.45, 2.75) is 30.2 Å². The molecule has 2 rings (SSSR count). The Balaban J connectivity index is 1.92. The second-order valence-corrected chi connectivity index (χ2v) is 6.04. The first-order valence-corrected chi connectivity index (χ1v) is 7.64. The van der Waals surface area contributed by atoms with Crippen LogP contribution >= 0.6 is 11.8 Å². The molecule has 4 nitrogen and oxygen atoms in total. The Hall–Kier alpha value is -1.20. The number of carbonyl (C=O) groups excluding carboxylic acids is 1. The number of aliphatic hydroxyl groups excluding tert-OH is 1. The second-order valence-electron chi connectivity index (χ2n) is 5.16. The fourth-order valence-corrected chi connectivity index (χ4v) is 2.50. The number of thioether (sulfide) groups is 1. The standard InChI is InChI=1S/C14H20N2O2S/c1-14(9-17,10-3-4-10)16-13(18)15-11-5-7-12(19-2)8-6-11/h5-8,10,17H,3-4,9H2,1-2H3,(H2,15,16,18). The average molecular weight is 280 g/mol. The van der Waals surface area contributed by atoms with Crippen molar-refractivity contribution in [1.29, 1.82) is 0 Å². The molecule has 1 saturated carbocycles. The van der Waals surface area contributed by atoms with Crippen molar-refractivity contribution in [2.75, 3.05) is 18.2 Å². The van der Waals surface area contributed by atoms with Crippen LogP contribution in [0.4, 0.5) is 10.5 Å². The topological polar surface area (TPSA) is 61.4 Å². The molecule has 1 atom stereocenters. The highest BCUT2D eigenvalue weighted by Gasteiger charge is 2.42. The Bertz CT molecular complexity index is 445. The van der Waals surface area contributed by atoms with Crippen LogP contribution in [0.2, 0.25) is 0 Å². The lowest BCUT2D eigenvalue weighted by Gasteiger charge is -2.28. The minimum Gasteiger partial charge on any atom is -0.394 e. The quantitative estimate of drug-likeness (QED) is 0.727. The first-order valence-electron chi connectivity index (χ1n) is 6.41. The van der Waals surface area contributed by atoms with Gasteiger partial charge in [-0.1, -0.05) is 0 Å². The van der Waals surface area contributed by atoms with Crippen molar-refractivity contribution >= 4 is 23.5 Å². The molecule has 104 valence electrons. The number of anilines is 1. The van der Waals surface area contributed by atoms with Crippen LogP contribution in [0.3, 0.4) is 0 Å². The lowest BCUT2D eigenvalue weighted by molar-refractivity contribution is 0.159. The molecular weight excluding hydrogens is 260 g/mol. The summed E-state index contributed by atoms with van der Waals surface area (Å²) >= 11 is 1.66. The molecule has 3 N–H and O–H groups in total. The van der Waals surface area contributed by atoms with Crippen LogP contribution in [-0.2, 0) is 0 Å². The highest BCUT2D eigenvalue weighted by Crippen LogP contribution is 2.39. The van der Waals surface area contributed by atoms with E-state index < -0.39 is 5.54 Å². The van der Waals surface area contributed by atoms with E-state index in [4.69, 9.17) is 0 Å². The van der Waals surface area contributed by atoms with E-state index >= 15 is 0 Å². The maximum absolute atomic E-state index is 11.9. The van der Waals surface area contributed by atoms with E-state index in [0.29, 0.717) is 5.92 Å². The summed E-state index contributed by atoms with van der Waals surface area (Å²) < 4.78 is 0. The molecule has 0 radical (unpaired) electrons. The molecule has 0 bridgehead atoms. The van der Waals surface area contributed by atoms with Crippen molar-refractivity contribution in [3.63, 3.8) is 0 Å². The van der Waals surface area contributed by atoms with Crippen LogP contribution in [-0.4, -0.2) is 29.5 Å². The zero-order valence-corrected chi connectivity index (χ0v) is 12.1. The van der Waals surface area contributed by atoms with E-state index in [1.54, 1.807) is 11.8 Å². The monoisotopic (exact) mass is 280 g/mol. The minimum absolute atomic E-state index is 0.0313. The molecule has 1 aromatic rings. The summed E-state index contributed by atoms with van der Waals surface area (Å²) in [7, 11) is 0. The normalized spacial score (nSPS) is 17.6. The first kappa shape index (κ1) is 14.2. The zero-order chi connectivity index (χ0) is 13.9. The van der Waals surface area contributed by atoms with Gasteiger partial charge in [-0.05, 0) is 56.2 Å². The molecule has 0 heterocycles. The summed E-state index contributed by atoms with van der Waals surface area (Å²) in [5.41, 5.74) is 0.245. The molecule has 0 saturated heterocycles. The van der Waals surface area contributed by atoms with Crippen molar-refractivity contribution in [3.8, 4) is 0 Å². The van der Waals surface area contributed by atoms with Crippen LogP contribution in [0.25, 0.3) is 0 Å². The van der Waals surface area contributed by atoms with Crippen LogP contribution in [0.5, 0.6) is 0 Å². The third-order valence-electron chi connectivity index (χ3n) is 3.55. The second kappa shape index (κ2) is 5.84. The minimum atomic E-state index is -0.511. The van der Waals surface area contributed by atoms with Gasteiger partial charge in [0, 0.05) is 10.6 Å². The Kier molecular flexibility index (Phi) is 4.37. The lowest BCUT2D eigenvalue weighted by atomic mass is 9.97. The molecule has 2 amide bonds. The first-order chi connectivity index (χ1) is 9.07. The summed E-state index contributed by atoms with van der Waals surface area (Å²) in [4.78, 5) is 13.1. The van der Waals surface area contributed by atoms with Crippen molar-refractivity contribution in [3.05, 3.63) is 24.3 Å². The summed E-state index contributed by atoms with van der Waals surface area (Å²) in [5.74, 6) is 0.391. The number of urea groups is 1. The molecule has 1 aliphatic rings. The average Bonchev–Trinajstić information content (AvgIpc) is 3.24. The Labute approximate surface area is 118 Å². The van der Waals surface area contributed by atoms with Gasteiger partial charge in [-0.2, -0.15) is 0 Å². The molecule has 5 heteroatoms. The summed E-state index contributed by atoms with van der Waals surface area (Å²) in [6, 6.07) is 7.41. The largest absolute Gasteiger partial charge is 0.394 e. The van der Waals surface area contributed by atoms with E-state index in [1.807, 2.05) is 37.4 Å². The van der Waals surface area contributed by atoms with Gasteiger partial charge in [0.1, 0.15) is 0 Å². The van der Waals surface area contributed by atoms with Gasteiger partial charge >= 0.3 is 6.03 Å². The van der Waals surface area contributed by atoms with Gasteiger partial charge in [-0.15, -0.1) is 11.8 Å². The molecule has 0 aliphatic heterocycles. The number of carbonyl (C=O) groups is 1. The number of hydrogen-bond acceptors (Lipinski definition) is 3. The van der Waals surface area contributed by atoms with Crippen LogP contribution < -0.4 is 10.6 Å². The van der Waals surface area contributed by atoms with Gasteiger partial charge in [-0.25, -0.2) is 4.79 Å². The van der Waals surface area contributed by atoms with E-state index in [1.165, 1.54) is 0 Å².